The molecule has 0 aromatic carbocycles. The quantitative estimate of drug-likeness (QED) is 0.589. The number of carbonyl (C=O) groups is 1. The molecule has 0 radical (unpaired) electrons. The van der Waals surface area contributed by atoms with Crippen LogP contribution in [-0.4, -0.2) is 26.1 Å². The SMILES string of the molecule is CC[C@](C)(OCC#CBr)C(=O)C#C[Si](C)(C)C. The topological polar surface area (TPSA) is 26.3 Å². The molecular weight excluding hydrogens is 296 g/mol. The summed E-state index contributed by atoms with van der Waals surface area (Å²) >= 11 is 2.98. The maximum absolute atomic E-state index is 12.0. The molecule has 4 heteroatoms. The van der Waals surface area contributed by atoms with Crippen LogP contribution in [0.15, 0.2) is 0 Å². The van der Waals surface area contributed by atoms with E-state index in [1.54, 1.807) is 6.92 Å². The van der Waals surface area contributed by atoms with Crippen LogP contribution in [0.5, 0.6) is 0 Å². The number of carbonyl (C=O) groups excluding carboxylic acids is 1. The highest BCUT2D eigenvalue weighted by molar-refractivity contribution is 9.12. The number of ketones is 1. The smallest absolute Gasteiger partial charge is 0.236 e. The van der Waals surface area contributed by atoms with E-state index < -0.39 is 13.7 Å². The summed E-state index contributed by atoms with van der Waals surface area (Å²) in [5.41, 5.74) is 2.22. The molecule has 0 aliphatic heterocycles. The lowest BCUT2D eigenvalue weighted by atomic mass is 9.98. The van der Waals surface area contributed by atoms with Gasteiger partial charge in [0.25, 0.3) is 0 Å². The summed E-state index contributed by atoms with van der Waals surface area (Å²) in [7, 11) is -1.52. The van der Waals surface area contributed by atoms with Crippen molar-refractivity contribution in [2.24, 2.45) is 0 Å². The van der Waals surface area contributed by atoms with Gasteiger partial charge in [-0.15, -0.1) is 5.54 Å². The summed E-state index contributed by atoms with van der Waals surface area (Å²) in [6, 6.07) is 0. The predicted octanol–water partition coefficient (Wildman–Crippen LogP) is 2.98. The van der Waals surface area contributed by atoms with Crippen molar-refractivity contribution in [1.82, 2.24) is 0 Å². The molecule has 0 aromatic heterocycles. The van der Waals surface area contributed by atoms with Crippen molar-refractivity contribution in [1.29, 1.82) is 0 Å². The monoisotopic (exact) mass is 314 g/mol. The van der Waals surface area contributed by atoms with Crippen molar-refractivity contribution < 1.29 is 9.53 Å². The van der Waals surface area contributed by atoms with Crippen LogP contribution >= 0.6 is 15.9 Å². The molecule has 0 amide bonds. The minimum atomic E-state index is -1.52. The lowest BCUT2D eigenvalue weighted by molar-refractivity contribution is -0.134. The zero-order chi connectivity index (χ0) is 13.5. The summed E-state index contributed by atoms with van der Waals surface area (Å²) in [5.74, 6) is 5.29. The Hall–Kier alpha value is -0.553. The Balaban J connectivity index is 4.77. The Morgan fingerprint density at radius 3 is 2.41 bits per heavy atom. The summed E-state index contributed by atoms with van der Waals surface area (Å²) in [6.45, 7) is 10.2. The summed E-state index contributed by atoms with van der Waals surface area (Å²) in [6.07, 6.45) is 0.593. The predicted molar refractivity (Wildman–Crippen MR) is 77.5 cm³/mol. The molecule has 0 N–H and O–H groups in total. The second-order valence-electron chi connectivity index (χ2n) is 4.97. The van der Waals surface area contributed by atoms with Crippen LogP contribution in [0.25, 0.3) is 0 Å². The Labute approximate surface area is 114 Å². The van der Waals surface area contributed by atoms with E-state index in [1.807, 2.05) is 6.92 Å². The molecule has 0 fully saturated rings. The summed E-state index contributed by atoms with van der Waals surface area (Å²) in [4.78, 5) is 14.6. The minimum absolute atomic E-state index is 0.154. The van der Waals surface area contributed by atoms with Gasteiger partial charge in [-0.3, -0.25) is 4.79 Å². The fourth-order valence-corrected chi connectivity index (χ4v) is 1.53. The van der Waals surface area contributed by atoms with Crippen molar-refractivity contribution in [3.05, 3.63) is 0 Å². The van der Waals surface area contributed by atoms with Gasteiger partial charge in [-0.1, -0.05) is 32.5 Å². The van der Waals surface area contributed by atoms with Crippen molar-refractivity contribution >= 4 is 29.8 Å². The molecule has 0 unspecified atom stereocenters. The molecule has 0 aliphatic rings. The van der Waals surface area contributed by atoms with Crippen LogP contribution in [0.3, 0.4) is 0 Å². The van der Waals surface area contributed by atoms with E-state index in [4.69, 9.17) is 4.74 Å². The number of hydrogen-bond acceptors (Lipinski definition) is 2. The Bertz CT molecular complexity index is 390. The zero-order valence-corrected chi connectivity index (χ0v) is 13.7. The first kappa shape index (κ1) is 16.4. The minimum Gasteiger partial charge on any atom is -0.354 e. The van der Waals surface area contributed by atoms with Crippen molar-refractivity contribution in [2.75, 3.05) is 6.61 Å². The van der Waals surface area contributed by atoms with Crippen molar-refractivity contribution in [3.63, 3.8) is 0 Å². The van der Waals surface area contributed by atoms with E-state index in [9.17, 15) is 4.79 Å². The Morgan fingerprint density at radius 1 is 1.41 bits per heavy atom. The summed E-state index contributed by atoms with van der Waals surface area (Å²) < 4.78 is 5.51. The van der Waals surface area contributed by atoms with Crippen LogP contribution in [0, 0.1) is 22.2 Å². The number of hydrogen-bond donors (Lipinski definition) is 0. The molecule has 0 saturated heterocycles. The van der Waals surface area contributed by atoms with E-state index in [1.165, 1.54) is 0 Å². The fraction of sp³-hybridized carbons (Fsp3) is 0.615. The molecule has 0 rings (SSSR count). The molecule has 17 heavy (non-hydrogen) atoms. The van der Waals surface area contributed by atoms with E-state index >= 15 is 0 Å². The van der Waals surface area contributed by atoms with Gasteiger partial charge in [0.15, 0.2) is 0 Å². The number of rotatable bonds is 4. The van der Waals surface area contributed by atoms with Gasteiger partial charge in [-0.25, -0.2) is 0 Å². The van der Waals surface area contributed by atoms with Crippen LogP contribution in [-0.2, 0) is 9.53 Å². The molecule has 0 spiro atoms. The molecule has 0 bridgehead atoms. The Morgan fingerprint density at radius 2 is 2.00 bits per heavy atom. The van der Waals surface area contributed by atoms with Gasteiger partial charge < -0.3 is 4.74 Å². The largest absolute Gasteiger partial charge is 0.354 e. The normalized spacial score (nSPS) is 13.8. The van der Waals surface area contributed by atoms with Gasteiger partial charge in [0.2, 0.25) is 5.78 Å². The van der Waals surface area contributed by atoms with Gasteiger partial charge in [0.05, 0.1) is 0 Å². The lowest BCUT2D eigenvalue weighted by Crippen LogP contribution is -2.37. The van der Waals surface area contributed by atoms with Crippen LogP contribution in [0.1, 0.15) is 20.3 Å². The third kappa shape index (κ3) is 6.68. The first-order chi connectivity index (χ1) is 7.75. The average molecular weight is 315 g/mol. The molecule has 0 aliphatic carbocycles. The second kappa shape index (κ2) is 7.01. The molecule has 94 valence electrons. The van der Waals surface area contributed by atoms with Gasteiger partial charge in [-0.05, 0) is 24.1 Å². The third-order valence-corrected chi connectivity index (χ3v) is 3.39. The maximum atomic E-state index is 12.0. The van der Waals surface area contributed by atoms with E-state index in [-0.39, 0.29) is 12.4 Å². The van der Waals surface area contributed by atoms with E-state index in [2.05, 4.69) is 57.8 Å². The maximum Gasteiger partial charge on any atom is 0.236 e. The molecule has 1 atom stereocenters. The lowest BCUT2D eigenvalue weighted by Gasteiger charge is -2.23. The van der Waals surface area contributed by atoms with Gasteiger partial charge in [0, 0.05) is 15.9 Å². The standard InChI is InChI=1S/C13H19BrO2Si/c1-6-13(2,16-10-7-9-14)12(15)8-11-17(3,4)5/h6,10H2,1-5H3/t13-/m0/s1. The zero-order valence-electron chi connectivity index (χ0n) is 11.1. The average Bonchev–Trinajstić information content (AvgIpc) is 2.25. The summed E-state index contributed by atoms with van der Waals surface area (Å²) in [5, 5.41) is 0. The Kier molecular flexibility index (Phi) is 6.78. The highest BCUT2D eigenvalue weighted by atomic mass is 79.9. The van der Waals surface area contributed by atoms with Crippen LogP contribution in [0.4, 0.5) is 0 Å². The van der Waals surface area contributed by atoms with E-state index in [0.717, 1.165) is 0 Å². The van der Waals surface area contributed by atoms with Crippen molar-refractivity contribution in [2.45, 2.75) is 45.5 Å². The van der Waals surface area contributed by atoms with Gasteiger partial charge in [-0.2, -0.15) is 0 Å². The van der Waals surface area contributed by atoms with Crippen LogP contribution in [0.2, 0.25) is 19.6 Å². The van der Waals surface area contributed by atoms with Crippen molar-refractivity contribution in [3.8, 4) is 22.2 Å². The highest BCUT2D eigenvalue weighted by Crippen LogP contribution is 2.16. The van der Waals surface area contributed by atoms with Crippen LogP contribution < -0.4 is 0 Å². The molecule has 0 saturated carbocycles. The first-order valence-corrected chi connectivity index (χ1v) is 9.84. The molecule has 0 heterocycles. The fourth-order valence-electron chi connectivity index (χ4n) is 0.927. The highest BCUT2D eigenvalue weighted by Gasteiger charge is 2.30. The molecule has 0 aromatic rings. The van der Waals surface area contributed by atoms with Gasteiger partial charge >= 0.3 is 0 Å². The molecule has 2 nitrogen and oxygen atoms in total. The number of ether oxygens (including phenoxy) is 1. The first-order valence-electron chi connectivity index (χ1n) is 5.55. The number of halogens is 1. The van der Waals surface area contributed by atoms with Gasteiger partial charge in [0.1, 0.15) is 20.3 Å². The third-order valence-electron chi connectivity index (χ3n) is 2.24. The van der Waals surface area contributed by atoms with E-state index in [0.29, 0.717) is 6.42 Å². The second-order valence-corrected chi connectivity index (χ2v) is 10.1. The number of Topliss-reactive ketones (excluding diaryl/α,β-unsaturated/α-hetero) is 1. The molecular formula is C13H19BrO2Si.